The first-order valence-electron chi connectivity index (χ1n) is 8.95. The van der Waals surface area contributed by atoms with E-state index in [4.69, 9.17) is 0 Å². The summed E-state index contributed by atoms with van der Waals surface area (Å²) in [6, 6.07) is 15.2. The van der Waals surface area contributed by atoms with Gasteiger partial charge in [-0.05, 0) is 35.7 Å². The molecule has 0 atom stereocenters. The average Bonchev–Trinajstić information content (AvgIpc) is 3.13. The molecule has 0 spiro atoms. The normalized spacial score (nSPS) is 11.8. The van der Waals surface area contributed by atoms with Crippen LogP contribution in [0.3, 0.4) is 0 Å². The fourth-order valence-electron chi connectivity index (χ4n) is 3.11. The maximum absolute atomic E-state index is 13.8. The minimum Gasteiger partial charge on any atom is -0.300 e. The van der Waals surface area contributed by atoms with Crippen molar-refractivity contribution in [3.8, 4) is 5.82 Å². The first kappa shape index (κ1) is 19.9. The lowest BCUT2D eigenvalue weighted by atomic mass is 10.2. The quantitative estimate of drug-likeness (QED) is 0.509. The number of nitrogens with one attached hydrogen (secondary N) is 1. The second-order valence-electron chi connectivity index (χ2n) is 6.45. The molecule has 0 saturated carbocycles. The van der Waals surface area contributed by atoms with Crippen LogP contribution in [0.5, 0.6) is 0 Å². The number of sulfonamides is 1. The summed E-state index contributed by atoms with van der Waals surface area (Å²) in [6.07, 6.45) is 1.81. The predicted octanol–water partition coefficient (Wildman–Crippen LogP) is 2.44. The van der Waals surface area contributed by atoms with E-state index < -0.39 is 32.1 Å². The van der Waals surface area contributed by atoms with Crippen molar-refractivity contribution in [1.29, 1.82) is 0 Å². The topological polar surface area (TPSA) is 86.0 Å². The van der Waals surface area contributed by atoms with Gasteiger partial charge in [-0.2, -0.15) is 5.10 Å². The van der Waals surface area contributed by atoms with E-state index in [0.717, 1.165) is 33.8 Å². The van der Waals surface area contributed by atoms with Gasteiger partial charge in [-0.25, -0.2) is 26.6 Å². The van der Waals surface area contributed by atoms with Gasteiger partial charge in [0.1, 0.15) is 11.6 Å². The molecule has 0 radical (unpaired) electrons. The Hall–Kier alpha value is -3.37. The van der Waals surface area contributed by atoms with Crippen LogP contribution < -0.4 is 10.3 Å². The highest BCUT2D eigenvalue weighted by molar-refractivity contribution is 7.89. The average molecular weight is 430 g/mol. The summed E-state index contributed by atoms with van der Waals surface area (Å²) in [5.41, 5.74) is 0.456. The molecule has 0 fully saturated rings. The van der Waals surface area contributed by atoms with Crippen LogP contribution in [0.4, 0.5) is 8.78 Å². The van der Waals surface area contributed by atoms with Crippen molar-refractivity contribution in [2.45, 2.75) is 11.4 Å². The largest absolute Gasteiger partial charge is 0.300 e. The zero-order chi connectivity index (χ0) is 21.3. The molecule has 10 heteroatoms. The van der Waals surface area contributed by atoms with E-state index in [1.165, 1.54) is 6.07 Å². The third-order valence-electron chi connectivity index (χ3n) is 4.50. The molecule has 0 aliphatic carbocycles. The summed E-state index contributed by atoms with van der Waals surface area (Å²) in [6.45, 7) is -0.403. The molecule has 7 nitrogen and oxygen atoms in total. The van der Waals surface area contributed by atoms with Gasteiger partial charge in [-0.3, -0.25) is 9.36 Å². The number of halogens is 2. The predicted molar refractivity (Wildman–Crippen MR) is 107 cm³/mol. The zero-order valence-electron chi connectivity index (χ0n) is 15.5. The summed E-state index contributed by atoms with van der Waals surface area (Å²) >= 11 is 0. The van der Waals surface area contributed by atoms with E-state index in [9.17, 15) is 22.0 Å². The van der Waals surface area contributed by atoms with Crippen LogP contribution in [0, 0.1) is 11.6 Å². The fourth-order valence-corrected chi connectivity index (χ4v) is 4.26. The zero-order valence-corrected chi connectivity index (χ0v) is 16.3. The van der Waals surface area contributed by atoms with Crippen LogP contribution in [-0.2, 0) is 16.6 Å². The number of hydrogen-bond donors (Lipinski definition) is 1. The monoisotopic (exact) mass is 430 g/mol. The van der Waals surface area contributed by atoms with Crippen molar-refractivity contribution in [3.63, 3.8) is 0 Å². The first-order valence-corrected chi connectivity index (χ1v) is 10.4. The van der Waals surface area contributed by atoms with Crippen LogP contribution >= 0.6 is 0 Å². The number of rotatable bonds is 6. The lowest BCUT2D eigenvalue weighted by Gasteiger charge is -2.11. The minimum atomic E-state index is -4.44. The second kappa shape index (κ2) is 7.81. The van der Waals surface area contributed by atoms with E-state index in [2.05, 4.69) is 9.82 Å². The number of fused-ring (bicyclic) bond motifs is 1. The van der Waals surface area contributed by atoms with Crippen molar-refractivity contribution in [2.24, 2.45) is 0 Å². The van der Waals surface area contributed by atoms with Gasteiger partial charge in [0.2, 0.25) is 10.0 Å². The summed E-state index contributed by atoms with van der Waals surface area (Å²) in [5, 5.41) is 5.27. The van der Waals surface area contributed by atoms with Gasteiger partial charge >= 0.3 is 0 Å². The van der Waals surface area contributed by atoms with Crippen molar-refractivity contribution in [3.05, 3.63) is 88.8 Å². The summed E-state index contributed by atoms with van der Waals surface area (Å²) < 4.78 is 57.0. The SMILES string of the molecule is O=c1ccc(-n2ccc3ccccc32)nn1CCNS(=O)(=O)c1c(F)cccc1F. The Balaban J connectivity index is 1.56. The molecule has 30 heavy (non-hydrogen) atoms. The Morgan fingerprint density at radius 3 is 2.43 bits per heavy atom. The molecular weight excluding hydrogens is 414 g/mol. The van der Waals surface area contributed by atoms with Crippen molar-refractivity contribution >= 4 is 20.9 Å². The minimum absolute atomic E-state index is 0.124. The molecule has 0 saturated heterocycles. The molecule has 0 aliphatic heterocycles. The Morgan fingerprint density at radius 1 is 0.933 bits per heavy atom. The summed E-state index contributed by atoms with van der Waals surface area (Å²) in [4.78, 5) is 11.1. The third kappa shape index (κ3) is 3.74. The number of hydrogen-bond acceptors (Lipinski definition) is 4. The van der Waals surface area contributed by atoms with Crippen LogP contribution in [0.15, 0.2) is 76.6 Å². The van der Waals surface area contributed by atoms with E-state index in [1.807, 2.05) is 36.5 Å². The van der Waals surface area contributed by atoms with Gasteiger partial charge in [-0.1, -0.05) is 24.3 Å². The number of aromatic nitrogens is 3. The molecule has 0 amide bonds. The van der Waals surface area contributed by atoms with Crippen LogP contribution in [0.2, 0.25) is 0 Å². The molecule has 4 rings (SSSR count). The van der Waals surface area contributed by atoms with Crippen LogP contribution in [-0.4, -0.2) is 29.3 Å². The smallest absolute Gasteiger partial charge is 0.266 e. The second-order valence-corrected chi connectivity index (χ2v) is 8.15. The van der Waals surface area contributed by atoms with Gasteiger partial charge in [0.25, 0.3) is 5.56 Å². The molecular formula is C20H16F2N4O3S. The molecule has 0 bridgehead atoms. The number of nitrogens with zero attached hydrogens (tertiary/aromatic N) is 3. The Labute approximate surface area is 170 Å². The number of benzene rings is 2. The van der Waals surface area contributed by atoms with Gasteiger partial charge < -0.3 is 0 Å². The van der Waals surface area contributed by atoms with Crippen LogP contribution in [0.1, 0.15) is 0 Å². The highest BCUT2D eigenvalue weighted by Gasteiger charge is 2.23. The first-order chi connectivity index (χ1) is 14.4. The van der Waals surface area contributed by atoms with Crippen molar-refractivity contribution in [2.75, 3.05) is 6.54 Å². The molecule has 2 aromatic heterocycles. The Bertz CT molecular complexity index is 1380. The van der Waals surface area contributed by atoms with Gasteiger partial charge in [-0.15, -0.1) is 0 Å². The highest BCUT2D eigenvalue weighted by Crippen LogP contribution is 2.19. The fraction of sp³-hybridized carbons (Fsp3) is 0.100. The van der Waals surface area contributed by atoms with E-state index in [1.54, 1.807) is 10.6 Å². The molecule has 2 heterocycles. The van der Waals surface area contributed by atoms with Crippen molar-refractivity contribution in [1.82, 2.24) is 19.1 Å². The lowest BCUT2D eigenvalue weighted by molar-refractivity contribution is 0.507. The maximum atomic E-state index is 13.8. The molecule has 2 aromatic carbocycles. The van der Waals surface area contributed by atoms with Gasteiger partial charge in [0.15, 0.2) is 10.7 Å². The maximum Gasteiger partial charge on any atom is 0.266 e. The molecule has 0 unspecified atom stereocenters. The summed E-state index contributed by atoms with van der Waals surface area (Å²) in [7, 11) is -4.44. The Morgan fingerprint density at radius 2 is 1.67 bits per heavy atom. The van der Waals surface area contributed by atoms with Gasteiger partial charge in [0.05, 0.1) is 12.1 Å². The van der Waals surface area contributed by atoms with E-state index >= 15 is 0 Å². The summed E-state index contributed by atoms with van der Waals surface area (Å²) in [5.74, 6) is -1.92. The van der Waals surface area contributed by atoms with Gasteiger partial charge in [0, 0.05) is 18.8 Å². The highest BCUT2D eigenvalue weighted by atomic mass is 32.2. The molecule has 154 valence electrons. The third-order valence-corrected chi connectivity index (χ3v) is 6.01. The molecule has 0 aliphatic rings. The Kier molecular flexibility index (Phi) is 5.18. The van der Waals surface area contributed by atoms with Crippen LogP contribution in [0.25, 0.3) is 16.7 Å². The standard InChI is InChI=1S/C20H16F2N4O3S/c21-15-5-3-6-16(22)20(15)30(28,29)23-11-13-26-19(27)9-8-18(24-26)25-12-10-14-4-1-2-7-17(14)25/h1-10,12,23H,11,13H2. The molecule has 1 N–H and O–H groups in total. The van der Waals surface area contributed by atoms with E-state index in [0.29, 0.717) is 5.82 Å². The molecule has 4 aromatic rings. The lowest BCUT2D eigenvalue weighted by Crippen LogP contribution is -2.33. The number of para-hydroxylation sites is 1. The van der Waals surface area contributed by atoms with E-state index in [-0.39, 0.29) is 13.1 Å². The van der Waals surface area contributed by atoms with Crippen molar-refractivity contribution < 1.29 is 17.2 Å².